The molecule has 1 heterocycles. The first-order chi connectivity index (χ1) is 8.31. The van der Waals surface area contributed by atoms with Crippen molar-refractivity contribution in [2.45, 2.75) is 44.6 Å². The van der Waals surface area contributed by atoms with Gasteiger partial charge in [-0.15, -0.1) is 0 Å². The van der Waals surface area contributed by atoms with Crippen LogP contribution < -0.4 is 10.6 Å². The van der Waals surface area contributed by atoms with Crippen LogP contribution in [0.1, 0.15) is 43.2 Å². The van der Waals surface area contributed by atoms with Gasteiger partial charge >= 0.3 is 0 Å². The normalized spacial score (nSPS) is 21.2. The van der Waals surface area contributed by atoms with Gasteiger partial charge in [0.25, 0.3) is 0 Å². The second kappa shape index (κ2) is 4.34. The van der Waals surface area contributed by atoms with Crippen molar-refractivity contribution >= 4 is 5.69 Å². The van der Waals surface area contributed by atoms with E-state index in [1.54, 1.807) is 0 Å². The maximum absolute atomic E-state index is 5.85. The number of benzene rings is 1. The molecule has 1 saturated carbocycles. The molecule has 0 saturated heterocycles. The Morgan fingerprint density at radius 2 is 2.24 bits per heavy atom. The number of fused-ring (bicyclic) bond motifs is 1. The largest absolute Gasteiger partial charge is 0.368 e. The first-order valence-electron chi connectivity index (χ1n) is 6.89. The number of hydrogen-bond acceptors (Lipinski definition) is 2. The lowest BCUT2D eigenvalue weighted by molar-refractivity contribution is 0.392. The second-order valence-corrected chi connectivity index (χ2v) is 5.52. The van der Waals surface area contributed by atoms with E-state index in [0.29, 0.717) is 5.92 Å². The van der Waals surface area contributed by atoms with E-state index in [9.17, 15) is 0 Å². The molecule has 0 bridgehead atoms. The Bertz CT molecular complexity index is 409. The van der Waals surface area contributed by atoms with Gasteiger partial charge in [-0.3, -0.25) is 0 Å². The monoisotopic (exact) mass is 230 g/mol. The summed E-state index contributed by atoms with van der Waals surface area (Å²) >= 11 is 0. The molecule has 1 aliphatic heterocycles. The molecular weight excluding hydrogens is 208 g/mol. The quantitative estimate of drug-likeness (QED) is 0.865. The predicted octanol–water partition coefficient (Wildman–Crippen LogP) is 2.66. The maximum Gasteiger partial charge on any atom is 0.0437 e. The van der Waals surface area contributed by atoms with E-state index in [2.05, 4.69) is 30.0 Å². The molecule has 0 amide bonds. The van der Waals surface area contributed by atoms with Crippen molar-refractivity contribution in [1.29, 1.82) is 0 Å². The standard InChI is InChI=1S/C15H22N2/c1-11(10-16)14-7-2-4-12-8-9-17(15(12)14)13-5-3-6-13/h2,4,7,11,13H,3,5-6,8-10,16H2,1H3. The van der Waals surface area contributed by atoms with Crippen molar-refractivity contribution in [2.75, 3.05) is 18.0 Å². The molecule has 1 atom stereocenters. The fraction of sp³-hybridized carbons (Fsp3) is 0.600. The number of anilines is 1. The van der Waals surface area contributed by atoms with Gasteiger partial charge in [-0.2, -0.15) is 0 Å². The zero-order chi connectivity index (χ0) is 11.8. The Balaban J connectivity index is 1.98. The van der Waals surface area contributed by atoms with Crippen molar-refractivity contribution < 1.29 is 0 Å². The number of nitrogens with two attached hydrogens (primary N) is 1. The molecule has 1 unspecified atom stereocenters. The number of hydrogen-bond donors (Lipinski definition) is 1. The third-order valence-electron chi connectivity index (χ3n) is 4.46. The van der Waals surface area contributed by atoms with Crippen molar-refractivity contribution in [3.8, 4) is 0 Å². The van der Waals surface area contributed by atoms with Gasteiger partial charge in [-0.05, 0) is 49.3 Å². The highest BCUT2D eigenvalue weighted by Crippen LogP contribution is 2.40. The lowest BCUT2D eigenvalue weighted by Crippen LogP contribution is -2.39. The Labute approximate surface area is 104 Å². The van der Waals surface area contributed by atoms with Crippen LogP contribution in [0.2, 0.25) is 0 Å². The van der Waals surface area contributed by atoms with Gasteiger partial charge in [0.2, 0.25) is 0 Å². The van der Waals surface area contributed by atoms with E-state index in [1.807, 2.05) is 0 Å². The Hall–Kier alpha value is -1.02. The lowest BCUT2D eigenvalue weighted by atomic mass is 9.90. The molecule has 2 heteroatoms. The fourth-order valence-corrected chi connectivity index (χ4v) is 3.10. The fourth-order valence-electron chi connectivity index (χ4n) is 3.10. The van der Waals surface area contributed by atoms with Gasteiger partial charge in [0, 0.05) is 18.3 Å². The van der Waals surface area contributed by atoms with Crippen LogP contribution in [0.15, 0.2) is 18.2 Å². The first kappa shape index (κ1) is 11.1. The summed E-state index contributed by atoms with van der Waals surface area (Å²) in [4.78, 5) is 2.65. The number of nitrogens with zero attached hydrogens (tertiary/aromatic N) is 1. The van der Waals surface area contributed by atoms with Crippen LogP contribution in [0, 0.1) is 0 Å². The highest BCUT2D eigenvalue weighted by atomic mass is 15.2. The topological polar surface area (TPSA) is 29.3 Å². The third kappa shape index (κ3) is 1.75. The van der Waals surface area contributed by atoms with Crippen molar-refractivity contribution in [2.24, 2.45) is 5.73 Å². The summed E-state index contributed by atoms with van der Waals surface area (Å²) in [5, 5.41) is 0. The second-order valence-electron chi connectivity index (χ2n) is 5.52. The summed E-state index contributed by atoms with van der Waals surface area (Å²) in [7, 11) is 0. The molecule has 3 rings (SSSR count). The van der Waals surface area contributed by atoms with Crippen molar-refractivity contribution in [3.63, 3.8) is 0 Å². The predicted molar refractivity (Wildman–Crippen MR) is 72.6 cm³/mol. The van der Waals surface area contributed by atoms with Crippen LogP contribution >= 0.6 is 0 Å². The Morgan fingerprint density at radius 3 is 2.88 bits per heavy atom. The summed E-state index contributed by atoms with van der Waals surface area (Å²) in [6, 6.07) is 7.57. The summed E-state index contributed by atoms with van der Waals surface area (Å²) in [5.41, 5.74) is 10.4. The lowest BCUT2D eigenvalue weighted by Gasteiger charge is -2.38. The van der Waals surface area contributed by atoms with Gasteiger partial charge in [0.15, 0.2) is 0 Å². The van der Waals surface area contributed by atoms with Gasteiger partial charge in [0.1, 0.15) is 0 Å². The molecule has 2 aliphatic rings. The Kier molecular flexibility index (Phi) is 2.83. The van der Waals surface area contributed by atoms with Gasteiger partial charge < -0.3 is 10.6 Å². The van der Waals surface area contributed by atoms with Crippen LogP contribution in [0.4, 0.5) is 5.69 Å². The van der Waals surface area contributed by atoms with Gasteiger partial charge in [-0.25, -0.2) is 0 Å². The summed E-state index contributed by atoms with van der Waals surface area (Å²) in [6.45, 7) is 4.20. The van der Waals surface area contributed by atoms with E-state index in [0.717, 1.165) is 12.6 Å². The molecule has 1 fully saturated rings. The molecule has 0 aromatic heterocycles. The van der Waals surface area contributed by atoms with Crippen LogP contribution in [-0.2, 0) is 6.42 Å². The van der Waals surface area contributed by atoms with Crippen molar-refractivity contribution in [1.82, 2.24) is 0 Å². The smallest absolute Gasteiger partial charge is 0.0437 e. The van der Waals surface area contributed by atoms with Gasteiger partial charge in [0.05, 0.1) is 0 Å². The molecular formula is C15H22N2. The average Bonchev–Trinajstić information content (AvgIpc) is 2.70. The van der Waals surface area contributed by atoms with Crippen LogP contribution in [0.3, 0.4) is 0 Å². The summed E-state index contributed by atoms with van der Waals surface area (Å²) < 4.78 is 0. The molecule has 0 radical (unpaired) electrons. The number of para-hydroxylation sites is 1. The van der Waals surface area contributed by atoms with Crippen LogP contribution in [-0.4, -0.2) is 19.1 Å². The molecule has 0 spiro atoms. The highest BCUT2D eigenvalue weighted by Gasteiger charge is 2.32. The molecule has 2 N–H and O–H groups in total. The molecule has 2 nitrogen and oxygen atoms in total. The van der Waals surface area contributed by atoms with E-state index in [1.165, 1.54) is 49.0 Å². The van der Waals surface area contributed by atoms with E-state index in [-0.39, 0.29) is 0 Å². The molecule has 1 aliphatic carbocycles. The molecule has 1 aromatic rings. The number of rotatable bonds is 3. The highest BCUT2D eigenvalue weighted by molar-refractivity contribution is 5.65. The first-order valence-corrected chi connectivity index (χ1v) is 6.89. The van der Waals surface area contributed by atoms with Gasteiger partial charge in [-0.1, -0.05) is 25.1 Å². The van der Waals surface area contributed by atoms with E-state index >= 15 is 0 Å². The zero-order valence-corrected chi connectivity index (χ0v) is 10.7. The van der Waals surface area contributed by atoms with Crippen molar-refractivity contribution in [3.05, 3.63) is 29.3 Å². The molecule has 17 heavy (non-hydrogen) atoms. The minimum atomic E-state index is 0.477. The molecule has 92 valence electrons. The molecule has 1 aromatic carbocycles. The third-order valence-corrected chi connectivity index (χ3v) is 4.46. The van der Waals surface area contributed by atoms with Crippen LogP contribution in [0.5, 0.6) is 0 Å². The van der Waals surface area contributed by atoms with E-state index < -0.39 is 0 Å². The Morgan fingerprint density at radius 1 is 1.41 bits per heavy atom. The zero-order valence-electron chi connectivity index (χ0n) is 10.7. The summed E-state index contributed by atoms with van der Waals surface area (Å²) in [6.07, 6.45) is 5.39. The van der Waals surface area contributed by atoms with E-state index in [4.69, 9.17) is 5.73 Å². The van der Waals surface area contributed by atoms with Crippen LogP contribution in [0.25, 0.3) is 0 Å². The maximum atomic E-state index is 5.85. The summed E-state index contributed by atoms with van der Waals surface area (Å²) in [5.74, 6) is 0.477. The minimum absolute atomic E-state index is 0.477. The minimum Gasteiger partial charge on any atom is -0.368 e. The average molecular weight is 230 g/mol. The SMILES string of the molecule is CC(CN)c1cccc2c1N(C1CCC1)CC2.